The maximum absolute atomic E-state index is 12.6. The highest BCUT2D eigenvalue weighted by Crippen LogP contribution is 2.27. The van der Waals surface area contributed by atoms with E-state index in [-0.39, 0.29) is 23.1 Å². The molecule has 3 aromatic carbocycles. The summed E-state index contributed by atoms with van der Waals surface area (Å²) >= 11 is 1.20. The van der Waals surface area contributed by atoms with E-state index in [0.29, 0.717) is 22.7 Å². The van der Waals surface area contributed by atoms with Gasteiger partial charge >= 0.3 is 0 Å². The molecule has 0 atom stereocenters. The SMILES string of the molecule is O=C(CSc1nc2c(cnn2-c2ccccc2)c(=O)[nH]1)NCCC(c1ccccc1)c1ccccc1. The lowest BCUT2D eigenvalue weighted by molar-refractivity contribution is -0.118. The first kappa shape index (κ1) is 23.6. The van der Waals surface area contributed by atoms with Gasteiger partial charge in [0.2, 0.25) is 5.91 Å². The zero-order valence-corrected chi connectivity index (χ0v) is 20.3. The second kappa shape index (κ2) is 11.0. The highest BCUT2D eigenvalue weighted by molar-refractivity contribution is 7.99. The van der Waals surface area contributed by atoms with Crippen LogP contribution in [0.5, 0.6) is 0 Å². The molecule has 2 heterocycles. The minimum atomic E-state index is -0.279. The van der Waals surface area contributed by atoms with E-state index in [4.69, 9.17) is 0 Å². The molecule has 180 valence electrons. The van der Waals surface area contributed by atoms with E-state index in [1.54, 1.807) is 4.68 Å². The molecule has 5 rings (SSSR count). The number of aromatic nitrogens is 4. The molecule has 7 nitrogen and oxygen atoms in total. The molecule has 8 heteroatoms. The summed E-state index contributed by atoms with van der Waals surface area (Å²) in [6.07, 6.45) is 2.28. The lowest BCUT2D eigenvalue weighted by Gasteiger charge is -2.18. The van der Waals surface area contributed by atoms with Gasteiger partial charge in [0.25, 0.3) is 5.56 Å². The average Bonchev–Trinajstić information content (AvgIpc) is 3.36. The van der Waals surface area contributed by atoms with E-state index in [1.807, 2.05) is 66.7 Å². The molecule has 5 aromatic rings. The van der Waals surface area contributed by atoms with Crippen molar-refractivity contribution in [2.24, 2.45) is 0 Å². The van der Waals surface area contributed by atoms with Crippen molar-refractivity contribution in [2.75, 3.05) is 12.3 Å². The number of thioether (sulfide) groups is 1. The van der Waals surface area contributed by atoms with Crippen LogP contribution in [-0.2, 0) is 4.79 Å². The zero-order chi connectivity index (χ0) is 24.7. The molecule has 0 spiro atoms. The van der Waals surface area contributed by atoms with E-state index in [9.17, 15) is 9.59 Å². The van der Waals surface area contributed by atoms with Gasteiger partial charge in [0.15, 0.2) is 10.8 Å². The van der Waals surface area contributed by atoms with Crippen LogP contribution in [0.3, 0.4) is 0 Å². The van der Waals surface area contributed by atoms with Crippen LogP contribution in [-0.4, -0.2) is 38.0 Å². The molecule has 36 heavy (non-hydrogen) atoms. The predicted molar refractivity (Wildman–Crippen MR) is 143 cm³/mol. The van der Waals surface area contributed by atoms with Gasteiger partial charge < -0.3 is 10.3 Å². The number of nitrogens with zero attached hydrogens (tertiary/aromatic N) is 3. The summed E-state index contributed by atoms with van der Waals surface area (Å²) in [5.74, 6) is 0.230. The van der Waals surface area contributed by atoms with Gasteiger partial charge in [-0.3, -0.25) is 9.59 Å². The van der Waals surface area contributed by atoms with Gasteiger partial charge in [0, 0.05) is 12.5 Å². The molecule has 0 aliphatic carbocycles. The van der Waals surface area contributed by atoms with Crippen molar-refractivity contribution in [1.29, 1.82) is 0 Å². The van der Waals surface area contributed by atoms with Crippen molar-refractivity contribution in [1.82, 2.24) is 25.1 Å². The molecule has 0 aliphatic rings. The summed E-state index contributed by atoms with van der Waals surface area (Å²) < 4.78 is 1.63. The van der Waals surface area contributed by atoms with Gasteiger partial charge in [0.1, 0.15) is 5.39 Å². The topological polar surface area (TPSA) is 92.7 Å². The van der Waals surface area contributed by atoms with Crippen LogP contribution < -0.4 is 10.9 Å². The summed E-state index contributed by atoms with van der Waals surface area (Å²) in [6.45, 7) is 0.539. The molecule has 2 N–H and O–H groups in total. The molecular weight excluding hydrogens is 470 g/mol. The lowest BCUT2D eigenvalue weighted by Crippen LogP contribution is -2.27. The Morgan fingerprint density at radius 2 is 1.53 bits per heavy atom. The minimum Gasteiger partial charge on any atom is -0.355 e. The standard InChI is InChI=1S/C28H25N5O2S/c34-25(29-17-16-23(20-10-4-1-5-11-20)21-12-6-2-7-13-21)19-36-28-31-26-24(27(35)32-28)18-30-33(26)22-14-8-3-9-15-22/h1-15,18,23H,16-17,19H2,(H,29,34)(H,31,32,35). The van der Waals surface area contributed by atoms with E-state index >= 15 is 0 Å². The van der Waals surface area contributed by atoms with Crippen LogP contribution in [0, 0.1) is 0 Å². The smallest absolute Gasteiger partial charge is 0.262 e. The summed E-state index contributed by atoms with van der Waals surface area (Å²) in [5, 5.41) is 8.11. The van der Waals surface area contributed by atoms with Crippen LogP contribution >= 0.6 is 11.8 Å². The number of hydrogen-bond donors (Lipinski definition) is 2. The maximum atomic E-state index is 12.6. The van der Waals surface area contributed by atoms with Gasteiger partial charge in [-0.05, 0) is 29.7 Å². The number of para-hydroxylation sites is 1. The van der Waals surface area contributed by atoms with Gasteiger partial charge in [-0.1, -0.05) is 90.6 Å². The molecule has 0 bridgehead atoms. The van der Waals surface area contributed by atoms with Crippen molar-refractivity contribution >= 4 is 28.7 Å². The van der Waals surface area contributed by atoms with Crippen LogP contribution in [0.4, 0.5) is 0 Å². The average molecular weight is 496 g/mol. The number of hydrogen-bond acceptors (Lipinski definition) is 5. The van der Waals surface area contributed by atoms with Crippen LogP contribution in [0.15, 0.2) is 107 Å². The van der Waals surface area contributed by atoms with E-state index in [2.05, 4.69) is 44.6 Å². The first-order valence-electron chi connectivity index (χ1n) is 11.7. The number of benzene rings is 3. The number of amides is 1. The van der Waals surface area contributed by atoms with Crippen LogP contribution in [0.2, 0.25) is 0 Å². The molecular formula is C28H25N5O2S. The Hall–Kier alpha value is -4.17. The Morgan fingerprint density at radius 3 is 2.17 bits per heavy atom. The van der Waals surface area contributed by atoms with Crippen LogP contribution in [0.1, 0.15) is 23.5 Å². The maximum Gasteiger partial charge on any atom is 0.262 e. The second-order valence-corrected chi connectivity index (χ2v) is 9.27. The van der Waals surface area contributed by atoms with E-state index in [0.717, 1.165) is 12.1 Å². The third-order valence-corrected chi connectivity index (χ3v) is 6.79. The summed E-state index contributed by atoms with van der Waals surface area (Å²) in [4.78, 5) is 32.4. The lowest BCUT2D eigenvalue weighted by atomic mass is 9.88. The second-order valence-electron chi connectivity index (χ2n) is 8.30. The number of H-pyrrole nitrogens is 1. The quantitative estimate of drug-likeness (QED) is 0.231. The van der Waals surface area contributed by atoms with Crippen molar-refractivity contribution in [2.45, 2.75) is 17.5 Å². The molecule has 0 aliphatic heterocycles. The molecule has 0 radical (unpaired) electrons. The fraction of sp³-hybridized carbons (Fsp3) is 0.143. The third-order valence-electron chi connectivity index (χ3n) is 5.92. The highest BCUT2D eigenvalue weighted by atomic mass is 32.2. The molecule has 0 fully saturated rings. The van der Waals surface area contributed by atoms with Gasteiger partial charge in [0.05, 0.1) is 17.6 Å². The van der Waals surface area contributed by atoms with Gasteiger partial charge in [-0.25, -0.2) is 9.67 Å². The fourth-order valence-corrected chi connectivity index (χ4v) is 4.85. The Morgan fingerprint density at radius 1 is 0.917 bits per heavy atom. The van der Waals surface area contributed by atoms with Gasteiger partial charge in [-0.15, -0.1) is 0 Å². The Balaban J connectivity index is 1.22. The summed E-state index contributed by atoms with van der Waals surface area (Å²) in [6, 6.07) is 30.1. The van der Waals surface area contributed by atoms with Crippen molar-refractivity contribution in [3.63, 3.8) is 0 Å². The normalized spacial score (nSPS) is 11.1. The number of carbonyl (C=O) groups is 1. The molecule has 0 saturated carbocycles. The fourth-order valence-electron chi connectivity index (χ4n) is 4.16. The first-order valence-corrected chi connectivity index (χ1v) is 12.7. The monoisotopic (exact) mass is 495 g/mol. The Bertz CT molecular complexity index is 1460. The van der Waals surface area contributed by atoms with Crippen molar-refractivity contribution in [3.8, 4) is 5.69 Å². The van der Waals surface area contributed by atoms with E-state index in [1.165, 1.54) is 29.1 Å². The molecule has 0 saturated heterocycles. The minimum absolute atomic E-state index is 0.112. The number of carbonyl (C=O) groups excluding carboxylic acids is 1. The largest absolute Gasteiger partial charge is 0.355 e. The number of aromatic amines is 1. The van der Waals surface area contributed by atoms with Crippen LogP contribution in [0.25, 0.3) is 16.7 Å². The number of nitrogens with one attached hydrogen (secondary N) is 2. The summed E-state index contributed by atoms with van der Waals surface area (Å²) in [5.41, 5.74) is 3.43. The zero-order valence-electron chi connectivity index (χ0n) is 19.5. The summed E-state index contributed by atoms with van der Waals surface area (Å²) in [7, 11) is 0. The van der Waals surface area contributed by atoms with Gasteiger partial charge in [-0.2, -0.15) is 5.10 Å². The number of rotatable bonds is 9. The molecule has 2 aromatic heterocycles. The van der Waals surface area contributed by atoms with E-state index < -0.39 is 0 Å². The molecule has 0 unspecified atom stereocenters. The van der Waals surface area contributed by atoms with Crippen molar-refractivity contribution in [3.05, 3.63) is 119 Å². The highest BCUT2D eigenvalue weighted by Gasteiger charge is 2.15. The van der Waals surface area contributed by atoms with Crippen molar-refractivity contribution < 1.29 is 4.79 Å². The number of fused-ring (bicyclic) bond motifs is 1. The third kappa shape index (κ3) is 5.39. The molecule has 1 amide bonds. The first-order chi connectivity index (χ1) is 17.7. The Labute approximate surface area is 212 Å². The Kier molecular flexibility index (Phi) is 7.23. The predicted octanol–water partition coefficient (Wildman–Crippen LogP) is 4.54.